The van der Waals surface area contributed by atoms with Gasteiger partial charge < -0.3 is 104 Å². The number of rotatable bonds is 11. The van der Waals surface area contributed by atoms with Gasteiger partial charge in [-0.3, -0.25) is 0 Å². The van der Waals surface area contributed by atoms with E-state index in [9.17, 15) is 85.6 Å². The van der Waals surface area contributed by atoms with E-state index in [0.29, 0.717) is 0 Å². The summed E-state index contributed by atoms with van der Waals surface area (Å²) < 4.78 is 40.6. The monoisotopic (exact) mass is 736 g/mol. The number of carboxylic acids is 4. The molecule has 0 spiro atoms. The maximum Gasteiger partial charge on any atom is 0.335 e. The summed E-state index contributed by atoms with van der Waals surface area (Å²) in [4.78, 5) is 47.5. The van der Waals surface area contributed by atoms with Gasteiger partial charge in [-0.2, -0.15) is 0 Å². The molecule has 4 rings (SSSR count). The second-order valence-electron chi connectivity index (χ2n) is 11.5. The molecule has 0 aromatic heterocycles. The minimum absolute atomic E-state index is 0.994. The lowest BCUT2D eigenvalue weighted by Gasteiger charge is -2.47. The molecule has 4 fully saturated rings. The first kappa shape index (κ1) is 40.0. The third kappa shape index (κ3) is 7.68. The number of carboxylic acid groups (broad SMARTS) is 4. The SMILES string of the molecule is CO[C@@H]1C(C(=O)O)O[C@@H](O[C@H]2C(O)C(O)C(O[C@@H]3C(C(=O)O)O[C@@H](O[C@H]4C(O)C(O)[C@H](O)O[C@H]4C(=O)O)[C@H](O)C3O)O[C@H]2C(=O)O)[C@@H](O)C1O. The first-order chi connectivity index (χ1) is 23.3. The van der Waals surface area contributed by atoms with E-state index < -0.39 is 147 Å². The van der Waals surface area contributed by atoms with Gasteiger partial charge in [0, 0.05) is 7.11 Å². The molecule has 4 aliphatic rings. The average Bonchev–Trinajstić information content (AvgIpc) is 3.05. The lowest BCUT2D eigenvalue weighted by atomic mass is 9.95. The zero-order valence-corrected chi connectivity index (χ0v) is 25.3. The summed E-state index contributed by atoms with van der Waals surface area (Å²) >= 11 is 0. The normalized spacial score (nSPS) is 48.4. The van der Waals surface area contributed by atoms with Crippen molar-refractivity contribution in [3.63, 3.8) is 0 Å². The molecule has 13 N–H and O–H groups in total. The van der Waals surface area contributed by atoms with E-state index in [-0.39, 0.29) is 0 Å². The Kier molecular flexibility index (Phi) is 12.7. The molecule has 286 valence electrons. The highest BCUT2D eigenvalue weighted by atomic mass is 16.8. The minimum Gasteiger partial charge on any atom is -0.479 e. The van der Waals surface area contributed by atoms with E-state index in [1.807, 2.05) is 0 Å². The molecule has 9 unspecified atom stereocenters. The number of hydrogen-bond acceptors (Lipinski definition) is 21. The fourth-order valence-electron chi connectivity index (χ4n) is 5.68. The zero-order valence-electron chi connectivity index (χ0n) is 25.3. The molecule has 0 saturated carbocycles. The van der Waals surface area contributed by atoms with Crippen molar-refractivity contribution in [2.45, 2.75) is 123 Å². The van der Waals surface area contributed by atoms with E-state index in [0.717, 1.165) is 7.11 Å². The van der Waals surface area contributed by atoms with Crippen LogP contribution < -0.4 is 0 Å². The van der Waals surface area contributed by atoms with Gasteiger partial charge in [-0.25, -0.2) is 19.2 Å². The topological polar surface area (TPSA) is 405 Å². The summed E-state index contributed by atoms with van der Waals surface area (Å²) in [5.74, 6) is -7.45. The minimum atomic E-state index is -2.42. The van der Waals surface area contributed by atoms with Crippen molar-refractivity contribution in [2.75, 3.05) is 7.11 Å². The van der Waals surface area contributed by atoms with Crippen LogP contribution in [0, 0.1) is 0 Å². The molecule has 25 heteroatoms. The highest BCUT2D eigenvalue weighted by molar-refractivity contribution is 5.75. The van der Waals surface area contributed by atoms with Crippen LogP contribution in [0.1, 0.15) is 0 Å². The molecular formula is C25H36O25. The largest absolute Gasteiger partial charge is 0.479 e. The summed E-state index contributed by atoms with van der Waals surface area (Å²) in [5, 5.41) is 132. The summed E-state index contributed by atoms with van der Waals surface area (Å²) in [6.07, 6.45) is -44.4. The fourth-order valence-corrected chi connectivity index (χ4v) is 5.68. The van der Waals surface area contributed by atoms with Crippen LogP contribution in [0.15, 0.2) is 0 Å². The van der Waals surface area contributed by atoms with E-state index in [4.69, 9.17) is 33.2 Å². The van der Waals surface area contributed by atoms with Crippen LogP contribution in [0.3, 0.4) is 0 Å². The summed E-state index contributed by atoms with van der Waals surface area (Å²) in [6, 6.07) is 0. The molecule has 0 aromatic rings. The summed E-state index contributed by atoms with van der Waals surface area (Å²) in [7, 11) is 0.994. The number of aliphatic hydroxyl groups excluding tert-OH is 9. The highest BCUT2D eigenvalue weighted by Gasteiger charge is 2.58. The molecule has 25 nitrogen and oxygen atoms in total. The molecule has 4 aliphatic heterocycles. The Hall–Kier alpha value is -2.80. The number of aliphatic hydroxyl groups is 9. The molecule has 4 saturated heterocycles. The van der Waals surface area contributed by atoms with Crippen LogP contribution in [-0.2, 0) is 57.1 Å². The average molecular weight is 737 g/mol. The lowest BCUT2D eigenvalue weighted by Crippen LogP contribution is -2.68. The van der Waals surface area contributed by atoms with E-state index in [2.05, 4.69) is 4.74 Å². The number of carbonyl (C=O) groups is 4. The van der Waals surface area contributed by atoms with E-state index in [1.54, 1.807) is 0 Å². The van der Waals surface area contributed by atoms with Crippen molar-refractivity contribution >= 4 is 23.9 Å². The predicted molar refractivity (Wildman–Crippen MR) is 141 cm³/mol. The van der Waals surface area contributed by atoms with Crippen LogP contribution in [-0.4, -0.2) is 220 Å². The summed E-state index contributed by atoms with van der Waals surface area (Å²) in [5.41, 5.74) is 0. The van der Waals surface area contributed by atoms with Crippen molar-refractivity contribution in [1.29, 1.82) is 0 Å². The van der Waals surface area contributed by atoms with Crippen LogP contribution in [0.25, 0.3) is 0 Å². The molecule has 20 atom stereocenters. The standard InChI is InChI=1S/C25H36O25/c1-43-10-3(27)7(31)23(48-14(10)18(34)35)46-12-5(29)9(33)25(50-16(12)20(38)39)47-13-4(28)8(32)24(49-17(13)21(40)41)45-11-2(26)6(30)22(42)44-15(11)19(36)37/h2-17,22-33,42H,1H3,(H,34,35)(H,36,37)(H,38,39)(H,40,41)/t2?,3?,4?,5?,6?,7-,8+,9?,10-,11-,12-,13-,14?,15+,16+,17?,22+,23+,24+,25?/m0/s1. The van der Waals surface area contributed by atoms with Gasteiger partial charge in [0.2, 0.25) is 0 Å². The zero-order chi connectivity index (χ0) is 37.5. The van der Waals surface area contributed by atoms with Crippen molar-refractivity contribution in [1.82, 2.24) is 0 Å². The smallest absolute Gasteiger partial charge is 0.335 e. The van der Waals surface area contributed by atoms with Crippen LogP contribution in [0.4, 0.5) is 0 Å². The quantitative estimate of drug-likeness (QED) is 0.0936. The molecule has 4 heterocycles. The molecule has 0 bridgehead atoms. The van der Waals surface area contributed by atoms with E-state index >= 15 is 0 Å². The molecule has 0 amide bonds. The highest BCUT2D eigenvalue weighted by Crippen LogP contribution is 2.34. The Labute approximate surface area is 277 Å². The Bertz CT molecular complexity index is 1230. The first-order valence-electron chi connectivity index (χ1n) is 14.5. The van der Waals surface area contributed by atoms with Crippen molar-refractivity contribution in [2.24, 2.45) is 0 Å². The maximum atomic E-state index is 12.1. The third-order valence-corrected chi connectivity index (χ3v) is 8.32. The van der Waals surface area contributed by atoms with Crippen LogP contribution in [0.2, 0.25) is 0 Å². The van der Waals surface area contributed by atoms with Crippen LogP contribution >= 0.6 is 0 Å². The fraction of sp³-hybridized carbons (Fsp3) is 0.840. The molecule has 0 aliphatic carbocycles. The van der Waals surface area contributed by atoms with Gasteiger partial charge in [-0.05, 0) is 0 Å². The van der Waals surface area contributed by atoms with Gasteiger partial charge in [-0.15, -0.1) is 0 Å². The summed E-state index contributed by atoms with van der Waals surface area (Å²) in [6.45, 7) is 0. The molecule has 50 heavy (non-hydrogen) atoms. The molecule has 0 aromatic carbocycles. The number of methoxy groups -OCH3 is 1. The van der Waals surface area contributed by atoms with Gasteiger partial charge in [0.1, 0.15) is 73.2 Å². The van der Waals surface area contributed by atoms with Crippen molar-refractivity contribution in [3.05, 3.63) is 0 Å². The van der Waals surface area contributed by atoms with Crippen molar-refractivity contribution < 1.29 is 123 Å². The Morgan fingerprint density at radius 1 is 0.400 bits per heavy atom. The second kappa shape index (κ2) is 15.8. The van der Waals surface area contributed by atoms with Gasteiger partial charge in [-0.1, -0.05) is 0 Å². The third-order valence-electron chi connectivity index (χ3n) is 8.32. The molecular weight excluding hydrogens is 700 g/mol. The first-order valence-corrected chi connectivity index (χ1v) is 14.5. The number of hydrogen-bond donors (Lipinski definition) is 13. The Morgan fingerprint density at radius 2 is 0.660 bits per heavy atom. The van der Waals surface area contributed by atoms with Crippen LogP contribution in [0.5, 0.6) is 0 Å². The van der Waals surface area contributed by atoms with Gasteiger partial charge in [0.05, 0.1) is 0 Å². The number of aliphatic carboxylic acids is 4. The maximum absolute atomic E-state index is 12.1. The van der Waals surface area contributed by atoms with Gasteiger partial charge >= 0.3 is 23.9 Å². The number of ether oxygens (including phenoxy) is 8. The Morgan fingerprint density at radius 3 is 0.960 bits per heavy atom. The second-order valence-corrected chi connectivity index (χ2v) is 11.5. The van der Waals surface area contributed by atoms with Gasteiger partial charge in [0.25, 0.3) is 0 Å². The van der Waals surface area contributed by atoms with E-state index in [1.165, 1.54) is 0 Å². The van der Waals surface area contributed by atoms with Gasteiger partial charge in [0.15, 0.2) is 49.6 Å². The molecule has 0 radical (unpaired) electrons. The lowest BCUT2D eigenvalue weighted by molar-refractivity contribution is -0.378. The predicted octanol–water partition coefficient (Wildman–Crippen LogP) is -8.73. The Balaban J connectivity index is 1.51. The van der Waals surface area contributed by atoms with Crippen molar-refractivity contribution in [3.8, 4) is 0 Å².